The second-order valence-corrected chi connectivity index (χ2v) is 6.29. The Morgan fingerprint density at radius 3 is 2.41 bits per heavy atom. The van der Waals surface area contributed by atoms with Crippen LogP contribution in [0.2, 0.25) is 5.02 Å². The number of hydrogen-bond donors (Lipinski definition) is 1. The molecular formula is C20H23ClN2O4. The van der Waals surface area contributed by atoms with Crippen LogP contribution in [0.4, 0.5) is 0 Å². The lowest BCUT2D eigenvalue weighted by atomic mass is 10.1. The summed E-state index contributed by atoms with van der Waals surface area (Å²) < 4.78 is 10.7. The number of nitrogens with one attached hydrogen (secondary N) is 1. The summed E-state index contributed by atoms with van der Waals surface area (Å²) in [6.45, 7) is 1.72. The third-order valence-corrected chi connectivity index (χ3v) is 4.43. The Morgan fingerprint density at radius 2 is 1.81 bits per heavy atom. The predicted octanol–water partition coefficient (Wildman–Crippen LogP) is 2.89. The lowest BCUT2D eigenvalue weighted by Gasteiger charge is -2.28. The Labute approximate surface area is 164 Å². The number of benzene rings is 2. The van der Waals surface area contributed by atoms with Gasteiger partial charge in [0.05, 0.1) is 12.1 Å². The first-order valence-electron chi connectivity index (χ1n) is 8.47. The molecule has 0 radical (unpaired) electrons. The fraction of sp³-hybridized carbons (Fsp3) is 0.300. The van der Waals surface area contributed by atoms with Crippen molar-refractivity contribution < 1.29 is 19.1 Å². The van der Waals surface area contributed by atoms with E-state index in [4.69, 9.17) is 21.1 Å². The normalized spacial score (nSPS) is 11.4. The van der Waals surface area contributed by atoms with Gasteiger partial charge in [0.1, 0.15) is 17.5 Å². The molecule has 0 saturated carbocycles. The molecule has 2 aromatic rings. The van der Waals surface area contributed by atoms with Crippen LogP contribution in [0.1, 0.15) is 12.5 Å². The van der Waals surface area contributed by atoms with Gasteiger partial charge in [-0.2, -0.15) is 0 Å². The molecule has 27 heavy (non-hydrogen) atoms. The SMILES string of the molecule is CNC(=O)[C@H](C)N(Cc1ccc(OC)cc1)C(=O)COc1ccccc1Cl. The van der Waals surface area contributed by atoms with Crippen molar-refractivity contribution >= 4 is 23.4 Å². The number of rotatable bonds is 8. The van der Waals surface area contributed by atoms with Crippen LogP contribution in [0.15, 0.2) is 48.5 Å². The van der Waals surface area contributed by atoms with Gasteiger partial charge < -0.3 is 19.7 Å². The molecular weight excluding hydrogens is 368 g/mol. The lowest BCUT2D eigenvalue weighted by molar-refractivity contribution is -0.142. The fourth-order valence-corrected chi connectivity index (χ4v) is 2.69. The van der Waals surface area contributed by atoms with Crippen molar-refractivity contribution in [3.05, 3.63) is 59.1 Å². The van der Waals surface area contributed by atoms with E-state index in [2.05, 4.69) is 5.32 Å². The van der Waals surface area contributed by atoms with Crippen molar-refractivity contribution in [2.45, 2.75) is 19.5 Å². The summed E-state index contributed by atoms with van der Waals surface area (Å²) in [6, 6.07) is 13.6. The smallest absolute Gasteiger partial charge is 0.261 e. The van der Waals surface area contributed by atoms with E-state index in [1.165, 1.54) is 11.9 Å². The number of ether oxygens (including phenoxy) is 2. The van der Waals surface area contributed by atoms with E-state index in [-0.39, 0.29) is 25.0 Å². The summed E-state index contributed by atoms with van der Waals surface area (Å²) in [5, 5.41) is 2.99. The third kappa shape index (κ3) is 5.62. The van der Waals surface area contributed by atoms with E-state index < -0.39 is 6.04 Å². The number of nitrogens with zero attached hydrogens (tertiary/aromatic N) is 1. The maximum absolute atomic E-state index is 12.8. The minimum absolute atomic E-state index is 0.221. The molecule has 0 aliphatic heterocycles. The number of amides is 2. The van der Waals surface area contributed by atoms with Crippen molar-refractivity contribution in [2.24, 2.45) is 0 Å². The maximum Gasteiger partial charge on any atom is 0.261 e. The molecule has 0 spiro atoms. The Balaban J connectivity index is 2.13. The van der Waals surface area contributed by atoms with Crippen LogP contribution in [-0.4, -0.2) is 43.5 Å². The van der Waals surface area contributed by atoms with Crippen LogP contribution >= 0.6 is 11.6 Å². The zero-order chi connectivity index (χ0) is 19.8. The quantitative estimate of drug-likeness (QED) is 0.752. The topological polar surface area (TPSA) is 67.9 Å². The zero-order valence-electron chi connectivity index (χ0n) is 15.6. The summed E-state index contributed by atoms with van der Waals surface area (Å²) >= 11 is 6.06. The molecule has 2 aromatic carbocycles. The molecule has 1 N–H and O–H groups in total. The lowest BCUT2D eigenvalue weighted by Crippen LogP contribution is -2.48. The maximum atomic E-state index is 12.8. The molecule has 0 aliphatic rings. The van der Waals surface area contributed by atoms with Gasteiger partial charge in [0.25, 0.3) is 5.91 Å². The second kappa shape index (κ2) is 9.83. The predicted molar refractivity (Wildman–Crippen MR) is 104 cm³/mol. The second-order valence-electron chi connectivity index (χ2n) is 5.88. The summed E-state index contributed by atoms with van der Waals surface area (Å²) in [6.07, 6.45) is 0. The summed E-state index contributed by atoms with van der Waals surface area (Å²) in [4.78, 5) is 26.3. The van der Waals surface area contributed by atoms with Crippen LogP contribution in [-0.2, 0) is 16.1 Å². The van der Waals surface area contributed by atoms with Gasteiger partial charge in [0.15, 0.2) is 6.61 Å². The fourth-order valence-electron chi connectivity index (χ4n) is 2.50. The van der Waals surface area contributed by atoms with Crippen molar-refractivity contribution in [1.29, 1.82) is 0 Å². The highest BCUT2D eigenvalue weighted by Crippen LogP contribution is 2.23. The number of methoxy groups -OCH3 is 1. The molecule has 1 atom stereocenters. The first kappa shape index (κ1) is 20.6. The molecule has 144 valence electrons. The van der Waals surface area contributed by atoms with Gasteiger partial charge in [-0.25, -0.2) is 0 Å². The third-order valence-electron chi connectivity index (χ3n) is 4.11. The largest absolute Gasteiger partial charge is 0.497 e. The van der Waals surface area contributed by atoms with Gasteiger partial charge in [-0.05, 0) is 36.8 Å². The highest BCUT2D eigenvalue weighted by Gasteiger charge is 2.26. The molecule has 6 nitrogen and oxygen atoms in total. The molecule has 2 rings (SSSR count). The van der Waals surface area contributed by atoms with Gasteiger partial charge in [-0.3, -0.25) is 9.59 Å². The number of hydrogen-bond acceptors (Lipinski definition) is 4. The molecule has 0 bridgehead atoms. The van der Waals surface area contributed by atoms with Crippen LogP contribution in [0, 0.1) is 0 Å². The Kier molecular flexibility index (Phi) is 7.49. The monoisotopic (exact) mass is 390 g/mol. The number of halogens is 1. The summed E-state index contributed by atoms with van der Waals surface area (Å²) in [5.74, 6) is 0.569. The Morgan fingerprint density at radius 1 is 1.15 bits per heavy atom. The van der Waals surface area contributed by atoms with Crippen LogP contribution in [0.5, 0.6) is 11.5 Å². The molecule has 7 heteroatoms. The van der Waals surface area contributed by atoms with Crippen molar-refractivity contribution in [1.82, 2.24) is 10.2 Å². The molecule has 0 fully saturated rings. The van der Waals surface area contributed by atoms with E-state index in [9.17, 15) is 9.59 Å². The number of para-hydroxylation sites is 1. The molecule has 0 saturated heterocycles. The number of carbonyl (C=O) groups is 2. The van der Waals surface area contributed by atoms with Gasteiger partial charge in [-0.1, -0.05) is 35.9 Å². The molecule has 0 unspecified atom stereocenters. The van der Waals surface area contributed by atoms with Gasteiger partial charge in [0, 0.05) is 13.6 Å². The standard InChI is InChI=1S/C20H23ClN2O4/c1-14(20(25)22-2)23(12-15-8-10-16(26-3)11-9-15)19(24)13-27-18-7-5-4-6-17(18)21/h4-11,14H,12-13H2,1-3H3,(H,22,25)/t14-/m0/s1. The minimum Gasteiger partial charge on any atom is -0.497 e. The first-order chi connectivity index (χ1) is 13.0. The number of carbonyl (C=O) groups excluding carboxylic acids is 2. The van der Waals surface area contributed by atoms with Crippen LogP contribution in [0.3, 0.4) is 0 Å². The number of likely N-dealkylation sites (N-methyl/N-ethyl adjacent to an activating group) is 1. The average molecular weight is 391 g/mol. The van der Waals surface area contributed by atoms with Crippen molar-refractivity contribution in [3.63, 3.8) is 0 Å². The molecule has 2 amide bonds. The van der Waals surface area contributed by atoms with E-state index in [0.717, 1.165) is 11.3 Å². The van der Waals surface area contributed by atoms with E-state index >= 15 is 0 Å². The summed E-state index contributed by atoms with van der Waals surface area (Å²) in [5.41, 5.74) is 0.873. The summed E-state index contributed by atoms with van der Waals surface area (Å²) in [7, 11) is 3.12. The van der Waals surface area contributed by atoms with Gasteiger partial charge >= 0.3 is 0 Å². The average Bonchev–Trinajstić information content (AvgIpc) is 2.70. The van der Waals surface area contributed by atoms with Gasteiger partial charge in [0.2, 0.25) is 5.91 Å². The molecule has 0 aliphatic carbocycles. The van der Waals surface area contributed by atoms with Gasteiger partial charge in [-0.15, -0.1) is 0 Å². The van der Waals surface area contributed by atoms with E-state index in [0.29, 0.717) is 10.8 Å². The molecule has 0 heterocycles. The minimum atomic E-state index is -0.653. The van der Waals surface area contributed by atoms with E-state index in [1.807, 2.05) is 24.3 Å². The Hall–Kier alpha value is -2.73. The molecule has 0 aromatic heterocycles. The first-order valence-corrected chi connectivity index (χ1v) is 8.85. The highest BCUT2D eigenvalue weighted by atomic mass is 35.5. The highest BCUT2D eigenvalue weighted by molar-refractivity contribution is 6.32. The Bertz CT molecular complexity index is 780. The van der Waals surface area contributed by atoms with Crippen LogP contribution in [0.25, 0.3) is 0 Å². The zero-order valence-corrected chi connectivity index (χ0v) is 16.3. The van der Waals surface area contributed by atoms with E-state index in [1.54, 1.807) is 38.3 Å². The van der Waals surface area contributed by atoms with Crippen LogP contribution < -0.4 is 14.8 Å². The van der Waals surface area contributed by atoms with Crippen molar-refractivity contribution in [2.75, 3.05) is 20.8 Å². The van der Waals surface area contributed by atoms with Crippen molar-refractivity contribution in [3.8, 4) is 11.5 Å².